The maximum atomic E-state index is 8.93. The standard InChI is InChI=1S/C14H22N2O2/c1-18-14-10-12(2-3-13(14)15)11-4-6-16(7-5-11)8-9-17/h2-3,10-11,17H,4-9,15H2,1H3. The van der Waals surface area contributed by atoms with E-state index in [0.29, 0.717) is 11.6 Å². The fraction of sp³-hybridized carbons (Fsp3) is 0.571. The largest absolute Gasteiger partial charge is 0.495 e. The summed E-state index contributed by atoms with van der Waals surface area (Å²) in [7, 11) is 1.65. The normalized spacial score (nSPS) is 17.9. The van der Waals surface area contributed by atoms with Gasteiger partial charge >= 0.3 is 0 Å². The molecule has 0 amide bonds. The molecule has 0 aromatic heterocycles. The van der Waals surface area contributed by atoms with Crippen molar-refractivity contribution in [3.05, 3.63) is 23.8 Å². The Balaban J connectivity index is 2.01. The number of ether oxygens (including phenoxy) is 1. The molecule has 0 spiro atoms. The van der Waals surface area contributed by atoms with Gasteiger partial charge in [-0.2, -0.15) is 0 Å². The number of nitrogens with two attached hydrogens (primary N) is 1. The van der Waals surface area contributed by atoms with Gasteiger partial charge in [0.15, 0.2) is 0 Å². The van der Waals surface area contributed by atoms with Crippen LogP contribution in [0.15, 0.2) is 18.2 Å². The lowest BCUT2D eigenvalue weighted by atomic mass is 9.89. The van der Waals surface area contributed by atoms with Crippen LogP contribution in [0.1, 0.15) is 24.3 Å². The minimum absolute atomic E-state index is 0.250. The average Bonchev–Trinajstić information content (AvgIpc) is 2.41. The van der Waals surface area contributed by atoms with Gasteiger partial charge in [0.05, 0.1) is 19.4 Å². The number of nitrogen functional groups attached to an aromatic ring is 1. The molecule has 1 aromatic carbocycles. The Morgan fingerprint density at radius 1 is 1.39 bits per heavy atom. The predicted molar refractivity (Wildman–Crippen MR) is 72.9 cm³/mol. The van der Waals surface area contributed by atoms with Crippen molar-refractivity contribution >= 4 is 5.69 Å². The summed E-state index contributed by atoms with van der Waals surface area (Å²) in [6.45, 7) is 3.15. The molecule has 1 heterocycles. The zero-order valence-electron chi connectivity index (χ0n) is 10.9. The third-order valence-corrected chi connectivity index (χ3v) is 3.73. The van der Waals surface area contributed by atoms with Crippen molar-refractivity contribution in [3.8, 4) is 5.75 Å². The average molecular weight is 250 g/mol. The Kier molecular flexibility index (Phi) is 4.44. The van der Waals surface area contributed by atoms with Gasteiger partial charge in [-0.05, 0) is 49.5 Å². The van der Waals surface area contributed by atoms with E-state index in [2.05, 4.69) is 17.0 Å². The van der Waals surface area contributed by atoms with Gasteiger partial charge in [-0.25, -0.2) is 0 Å². The summed E-state index contributed by atoms with van der Waals surface area (Å²) in [5.74, 6) is 1.35. The summed E-state index contributed by atoms with van der Waals surface area (Å²) in [6.07, 6.45) is 2.26. The molecule has 3 N–H and O–H groups in total. The Morgan fingerprint density at radius 3 is 2.72 bits per heavy atom. The van der Waals surface area contributed by atoms with E-state index in [1.54, 1.807) is 7.11 Å². The first-order valence-electron chi connectivity index (χ1n) is 6.51. The summed E-state index contributed by atoms with van der Waals surface area (Å²) in [5, 5.41) is 8.93. The zero-order valence-corrected chi connectivity index (χ0v) is 10.9. The van der Waals surface area contributed by atoms with Gasteiger partial charge in [0.2, 0.25) is 0 Å². The molecule has 0 radical (unpaired) electrons. The highest BCUT2D eigenvalue weighted by molar-refractivity contribution is 5.54. The van der Waals surface area contributed by atoms with Crippen molar-refractivity contribution in [2.75, 3.05) is 39.1 Å². The highest BCUT2D eigenvalue weighted by atomic mass is 16.5. The summed E-state index contributed by atoms with van der Waals surface area (Å²) >= 11 is 0. The predicted octanol–water partition coefficient (Wildman–Crippen LogP) is 1.45. The molecule has 1 aliphatic rings. The van der Waals surface area contributed by atoms with E-state index in [1.165, 1.54) is 5.56 Å². The maximum absolute atomic E-state index is 8.93. The Labute approximate surface area is 108 Å². The van der Waals surface area contributed by atoms with Crippen molar-refractivity contribution in [2.45, 2.75) is 18.8 Å². The second-order valence-electron chi connectivity index (χ2n) is 4.84. The topological polar surface area (TPSA) is 58.7 Å². The van der Waals surface area contributed by atoms with Crippen LogP contribution >= 0.6 is 0 Å². The van der Waals surface area contributed by atoms with Gasteiger partial charge in [-0.15, -0.1) is 0 Å². The van der Waals surface area contributed by atoms with Crippen LogP contribution in [0.3, 0.4) is 0 Å². The summed E-state index contributed by atoms with van der Waals surface area (Å²) in [6, 6.07) is 6.08. The van der Waals surface area contributed by atoms with E-state index in [1.807, 2.05) is 6.07 Å². The molecule has 1 saturated heterocycles. The van der Waals surface area contributed by atoms with Gasteiger partial charge in [0.1, 0.15) is 5.75 Å². The Hall–Kier alpha value is -1.26. The number of nitrogens with zero attached hydrogens (tertiary/aromatic N) is 1. The second kappa shape index (κ2) is 6.07. The molecule has 0 bridgehead atoms. The molecule has 18 heavy (non-hydrogen) atoms. The van der Waals surface area contributed by atoms with Crippen LogP contribution in [-0.4, -0.2) is 43.4 Å². The summed E-state index contributed by atoms with van der Waals surface area (Å²) in [4.78, 5) is 2.31. The van der Waals surface area contributed by atoms with E-state index in [4.69, 9.17) is 15.6 Å². The van der Waals surface area contributed by atoms with E-state index in [-0.39, 0.29) is 6.61 Å². The number of likely N-dealkylation sites (tertiary alicyclic amines) is 1. The summed E-state index contributed by atoms with van der Waals surface area (Å²) < 4.78 is 5.27. The van der Waals surface area contributed by atoms with Crippen molar-refractivity contribution in [3.63, 3.8) is 0 Å². The highest BCUT2D eigenvalue weighted by Crippen LogP contribution is 2.32. The lowest BCUT2D eigenvalue weighted by molar-refractivity contribution is 0.164. The fourth-order valence-electron chi connectivity index (χ4n) is 2.61. The van der Waals surface area contributed by atoms with Crippen molar-refractivity contribution in [1.29, 1.82) is 0 Å². The number of benzene rings is 1. The third-order valence-electron chi connectivity index (χ3n) is 3.73. The maximum Gasteiger partial charge on any atom is 0.142 e. The molecule has 4 nitrogen and oxygen atoms in total. The van der Waals surface area contributed by atoms with Crippen molar-refractivity contribution < 1.29 is 9.84 Å². The van der Waals surface area contributed by atoms with Gasteiger partial charge in [0.25, 0.3) is 0 Å². The van der Waals surface area contributed by atoms with Crippen LogP contribution in [0.25, 0.3) is 0 Å². The fourth-order valence-corrected chi connectivity index (χ4v) is 2.61. The number of aliphatic hydroxyl groups is 1. The molecule has 1 aliphatic heterocycles. The van der Waals surface area contributed by atoms with Crippen LogP contribution in [0.4, 0.5) is 5.69 Å². The highest BCUT2D eigenvalue weighted by Gasteiger charge is 2.20. The molecule has 0 saturated carbocycles. The number of β-amino-alcohol motifs (C(OH)–C–C–N with tert-alkyl or cyclic N) is 1. The number of anilines is 1. The minimum Gasteiger partial charge on any atom is -0.495 e. The van der Waals surface area contributed by atoms with E-state index in [0.717, 1.165) is 38.2 Å². The Morgan fingerprint density at radius 2 is 2.11 bits per heavy atom. The van der Waals surface area contributed by atoms with Crippen molar-refractivity contribution in [1.82, 2.24) is 4.90 Å². The molecule has 0 aliphatic carbocycles. The van der Waals surface area contributed by atoms with Gasteiger partial charge in [-0.3, -0.25) is 0 Å². The molecular weight excluding hydrogens is 228 g/mol. The van der Waals surface area contributed by atoms with Crippen LogP contribution in [0, 0.1) is 0 Å². The molecule has 2 rings (SSSR count). The first-order chi connectivity index (χ1) is 8.74. The third kappa shape index (κ3) is 2.94. The van der Waals surface area contributed by atoms with E-state index in [9.17, 15) is 0 Å². The van der Waals surface area contributed by atoms with Gasteiger partial charge < -0.3 is 20.5 Å². The van der Waals surface area contributed by atoms with Gasteiger partial charge in [-0.1, -0.05) is 6.07 Å². The van der Waals surface area contributed by atoms with Crippen LogP contribution in [0.2, 0.25) is 0 Å². The zero-order chi connectivity index (χ0) is 13.0. The smallest absolute Gasteiger partial charge is 0.142 e. The number of methoxy groups -OCH3 is 1. The first-order valence-corrected chi connectivity index (χ1v) is 6.51. The first kappa shape index (κ1) is 13.2. The number of hydrogen-bond acceptors (Lipinski definition) is 4. The molecule has 100 valence electrons. The van der Waals surface area contributed by atoms with Crippen LogP contribution in [-0.2, 0) is 0 Å². The molecular formula is C14H22N2O2. The lowest BCUT2D eigenvalue weighted by Crippen LogP contribution is -2.34. The molecule has 1 aromatic rings. The number of piperidine rings is 1. The van der Waals surface area contributed by atoms with Crippen LogP contribution < -0.4 is 10.5 Å². The Bertz CT molecular complexity index is 387. The lowest BCUT2D eigenvalue weighted by Gasteiger charge is -2.31. The molecule has 0 atom stereocenters. The van der Waals surface area contributed by atoms with Crippen LogP contribution in [0.5, 0.6) is 5.75 Å². The second-order valence-corrected chi connectivity index (χ2v) is 4.84. The minimum atomic E-state index is 0.250. The molecule has 0 unspecified atom stereocenters. The molecule has 1 fully saturated rings. The number of aliphatic hydroxyl groups excluding tert-OH is 1. The quantitative estimate of drug-likeness (QED) is 0.794. The number of hydrogen-bond donors (Lipinski definition) is 2. The SMILES string of the molecule is COc1cc(C2CCN(CCO)CC2)ccc1N. The number of rotatable bonds is 4. The van der Waals surface area contributed by atoms with Gasteiger partial charge in [0, 0.05) is 6.54 Å². The summed E-state index contributed by atoms with van der Waals surface area (Å²) in [5.41, 5.74) is 7.83. The van der Waals surface area contributed by atoms with E-state index < -0.39 is 0 Å². The monoisotopic (exact) mass is 250 g/mol. The molecule has 4 heteroatoms. The van der Waals surface area contributed by atoms with E-state index >= 15 is 0 Å². The van der Waals surface area contributed by atoms with Crippen molar-refractivity contribution in [2.24, 2.45) is 0 Å².